The van der Waals surface area contributed by atoms with Crippen molar-refractivity contribution in [1.82, 2.24) is 14.8 Å². The Hall–Kier alpha value is -2.21. The minimum Gasteiger partial charge on any atom is -0.481 e. The first-order valence-corrected chi connectivity index (χ1v) is 9.33. The first kappa shape index (κ1) is 17.2. The molecule has 1 aromatic carbocycles. The lowest BCUT2D eigenvalue weighted by molar-refractivity contribution is -0.151. The molecule has 2 fully saturated rings. The molecular weight excluding hydrogens is 330 g/mol. The molecule has 0 spiro atoms. The second-order valence-corrected chi connectivity index (χ2v) is 7.71. The summed E-state index contributed by atoms with van der Waals surface area (Å²) < 4.78 is 8.18. The summed E-state index contributed by atoms with van der Waals surface area (Å²) in [5.41, 5.74) is -0.519. The summed E-state index contributed by atoms with van der Waals surface area (Å²) in [5.74, 6) is 0.697. The van der Waals surface area contributed by atoms with Crippen LogP contribution in [0.1, 0.15) is 49.9 Å². The maximum Gasteiger partial charge on any atom is 0.314 e. The number of benzene rings is 1. The van der Waals surface area contributed by atoms with Crippen LogP contribution in [-0.4, -0.2) is 32.4 Å². The van der Waals surface area contributed by atoms with Gasteiger partial charge in [-0.05, 0) is 50.0 Å². The summed E-state index contributed by atoms with van der Waals surface area (Å²) in [5, 5.41) is 14.3. The maximum atomic E-state index is 12.2. The molecule has 0 bridgehead atoms. The van der Waals surface area contributed by atoms with E-state index in [0.717, 1.165) is 18.0 Å². The van der Waals surface area contributed by atoms with E-state index in [-0.39, 0.29) is 0 Å². The third-order valence-corrected chi connectivity index (χ3v) is 6.06. The number of carboxylic acid groups (broad SMARTS) is 1. The number of hydrogen-bond acceptors (Lipinski definition) is 4. The average Bonchev–Trinajstić information content (AvgIpc) is 3.40. The second-order valence-electron chi connectivity index (χ2n) is 7.71. The number of hydrogen-bond donors (Lipinski definition) is 1. The summed E-state index contributed by atoms with van der Waals surface area (Å²) in [6, 6.07) is 9.59. The fourth-order valence-electron chi connectivity index (χ4n) is 4.17. The molecule has 0 unspecified atom stereocenters. The fourth-order valence-corrected chi connectivity index (χ4v) is 4.17. The smallest absolute Gasteiger partial charge is 0.314 e. The minimum absolute atomic E-state index is 0.532. The second kappa shape index (κ2) is 6.50. The molecule has 2 aromatic rings. The van der Waals surface area contributed by atoms with Gasteiger partial charge in [-0.25, -0.2) is 4.98 Å². The van der Waals surface area contributed by atoms with Crippen molar-refractivity contribution in [2.24, 2.45) is 13.0 Å². The van der Waals surface area contributed by atoms with Crippen molar-refractivity contribution in [3.05, 3.63) is 48.0 Å². The van der Waals surface area contributed by atoms with Crippen molar-refractivity contribution < 1.29 is 14.6 Å². The van der Waals surface area contributed by atoms with Crippen LogP contribution in [0.2, 0.25) is 0 Å². The third-order valence-electron chi connectivity index (χ3n) is 6.06. The summed E-state index contributed by atoms with van der Waals surface area (Å²) >= 11 is 0. The molecule has 1 heterocycles. The molecular formula is C20H25N3O3. The van der Waals surface area contributed by atoms with E-state index in [4.69, 9.17) is 4.74 Å². The van der Waals surface area contributed by atoms with E-state index in [2.05, 4.69) is 10.1 Å². The van der Waals surface area contributed by atoms with Gasteiger partial charge in [0.2, 0.25) is 0 Å². The molecule has 0 aliphatic heterocycles. The maximum absolute atomic E-state index is 12.2. The number of ether oxygens (including phenoxy) is 1. The summed E-state index contributed by atoms with van der Waals surface area (Å²) in [6.45, 7) is 0.721. The van der Waals surface area contributed by atoms with Crippen LogP contribution in [-0.2, 0) is 27.6 Å². The zero-order valence-corrected chi connectivity index (χ0v) is 15.1. The van der Waals surface area contributed by atoms with Crippen LogP contribution < -0.4 is 0 Å². The van der Waals surface area contributed by atoms with Crippen molar-refractivity contribution in [3.63, 3.8) is 0 Å². The standard InChI is InChI=1S/C20H25N3O3/c1-23-17(21-14-22-23)20(26-13-15-7-8-15)11-9-19(10-12-20,18(24)25)16-5-3-2-4-6-16/h2-6,14-15H,7-13H2,1H3,(H,24,25). The molecule has 0 radical (unpaired) electrons. The molecule has 0 amide bonds. The van der Waals surface area contributed by atoms with Crippen LogP contribution in [0.4, 0.5) is 0 Å². The largest absolute Gasteiger partial charge is 0.481 e. The molecule has 2 saturated carbocycles. The van der Waals surface area contributed by atoms with Crippen molar-refractivity contribution >= 4 is 5.97 Å². The number of rotatable bonds is 6. The highest BCUT2D eigenvalue weighted by Gasteiger charge is 2.51. The molecule has 2 aliphatic carbocycles. The number of aliphatic carboxylic acids is 1. The number of carboxylic acids is 1. The molecule has 2 aliphatic rings. The van der Waals surface area contributed by atoms with E-state index in [1.807, 2.05) is 37.4 Å². The highest BCUT2D eigenvalue weighted by molar-refractivity contribution is 5.81. The summed E-state index contributed by atoms with van der Waals surface area (Å²) in [6.07, 6.45) is 6.32. The van der Waals surface area contributed by atoms with Gasteiger partial charge in [0, 0.05) is 7.05 Å². The number of aryl methyl sites for hydroxylation is 1. The fraction of sp³-hybridized carbons (Fsp3) is 0.550. The predicted octanol–water partition coefficient (Wildman–Crippen LogP) is 3.03. The van der Waals surface area contributed by atoms with Gasteiger partial charge < -0.3 is 9.84 Å². The van der Waals surface area contributed by atoms with E-state index in [9.17, 15) is 9.90 Å². The van der Waals surface area contributed by atoms with Crippen LogP contribution >= 0.6 is 0 Å². The summed E-state index contributed by atoms with van der Waals surface area (Å²) in [4.78, 5) is 16.7. The highest BCUT2D eigenvalue weighted by Crippen LogP contribution is 2.49. The molecule has 4 rings (SSSR count). The number of aromatic nitrogens is 3. The quantitative estimate of drug-likeness (QED) is 0.862. The van der Waals surface area contributed by atoms with Gasteiger partial charge in [-0.3, -0.25) is 9.48 Å². The Morgan fingerprint density at radius 3 is 2.46 bits per heavy atom. The molecule has 0 atom stereocenters. The Labute approximate surface area is 153 Å². The lowest BCUT2D eigenvalue weighted by Gasteiger charge is -2.43. The molecule has 6 nitrogen and oxygen atoms in total. The highest BCUT2D eigenvalue weighted by atomic mass is 16.5. The van der Waals surface area contributed by atoms with Crippen molar-refractivity contribution in [3.8, 4) is 0 Å². The Bertz CT molecular complexity index is 775. The van der Waals surface area contributed by atoms with Crippen LogP contribution in [0.25, 0.3) is 0 Å². The normalized spacial score (nSPS) is 28.8. The SMILES string of the molecule is Cn1ncnc1C1(OCC2CC2)CCC(C(=O)O)(c2ccccc2)CC1. The first-order valence-electron chi connectivity index (χ1n) is 9.33. The molecule has 1 aromatic heterocycles. The molecule has 6 heteroatoms. The molecule has 1 N–H and O–H groups in total. The van der Waals surface area contributed by atoms with Crippen LogP contribution in [0.15, 0.2) is 36.7 Å². The van der Waals surface area contributed by atoms with Crippen molar-refractivity contribution in [2.75, 3.05) is 6.61 Å². The molecule has 0 saturated heterocycles. The lowest BCUT2D eigenvalue weighted by atomic mass is 9.65. The van der Waals surface area contributed by atoms with Gasteiger partial charge in [0.15, 0.2) is 5.82 Å². The van der Waals surface area contributed by atoms with Crippen molar-refractivity contribution in [1.29, 1.82) is 0 Å². The van der Waals surface area contributed by atoms with E-state index >= 15 is 0 Å². The van der Waals surface area contributed by atoms with Crippen molar-refractivity contribution in [2.45, 2.75) is 49.5 Å². The average molecular weight is 355 g/mol. The lowest BCUT2D eigenvalue weighted by Crippen LogP contribution is -2.47. The van der Waals surface area contributed by atoms with Gasteiger partial charge in [-0.1, -0.05) is 30.3 Å². The van der Waals surface area contributed by atoms with Gasteiger partial charge in [0.05, 0.1) is 12.0 Å². The molecule has 138 valence electrons. The van der Waals surface area contributed by atoms with Gasteiger partial charge in [-0.2, -0.15) is 5.10 Å². The van der Waals surface area contributed by atoms with Crippen LogP contribution in [0.3, 0.4) is 0 Å². The predicted molar refractivity (Wildman–Crippen MR) is 95.6 cm³/mol. The Balaban J connectivity index is 1.63. The zero-order chi connectivity index (χ0) is 18.2. The monoisotopic (exact) mass is 355 g/mol. The topological polar surface area (TPSA) is 77.2 Å². The van der Waals surface area contributed by atoms with E-state index < -0.39 is 17.0 Å². The Kier molecular flexibility index (Phi) is 4.31. The van der Waals surface area contributed by atoms with Crippen LogP contribution in [0, 0.1) is 5.92 Å². The van der Waals surface area contributed by atoms with E-state index in [0.29, 0.717) is 31.6 Å². The number of carbonyl (C=O) groups is 1. The van der Waals surface area contributed by atoms with Gasteiger partial charge in [0.25, 0.3) is 0 Å². The Morgan fingerprint density at radius 2 is 1.92 bits per heavy atom. The summed E-state index contributed by atoms with van der Waals surface area (Å²) in [7, 11) is 1.88. The van der Waals surface area contributed by atoms with Gasteiger partial charge in [-0.15, -0.1) is 0 Å². The molecule has 26 heavy (non-hydrogen) atoms. The zero-order valence-electron chi connectivity index (χ0n) is 15.1. The number of nitrogens with zero attached hydrogens (tertiary/aromatic N) is 3. The van der Waals surface area contributed by atoms with Gasteiger partial charge >= 0.3 is 5.97 Å². The van der Waals surface area contributed by atoms with E-state index in [1.165, 1.54) is 12.8 Å². The van der Waals surface area contributed by atoms with Crippen LogP contribution in [0.5, 0.6) is 0 Å². The van der Waals surface area contributed by atoms with E-state index in [1.54, 1.807) is 11.0 Å². The van der Waals surface area contributed by atoms with Gasteiger partial charge in [0.1, 0.15) is 11.9 Å². The minimum atomic E-state index is -0.855. The third kappa shape index (κ3) is 2.92. The Morgan fingerprint density at radius 1 is 1.23 bits per heavy atom. The first-order chi connectivity index (χ1) is 12.6.